The van der Waals surface area contributed by atoms with E-state index in [1.54, 1.807) is 32.2 Å². The Morgan fingerprint density at radius 3 is 2.69 bits per heavy atom. The maximum Gasteiger partial charge on any atom is 0.245 e. The first kappa shape index (κ1) is 26.5. The number of benzene rings is 1. The summed E-state index contributed by atoms with van der Waals surface area (Å²) in [7, 11) is -3.68. The highest BCUT2D eigenvalue weighted by molar-refractivity contribution is 14.1. The normalized spacial score (nSPS) is 12.3. The molecule has 0 aliphatic rings. The number of hydrogen-bond donors (Lipinski definition) is 3. The molecule has 0 unspecified atom stereocenters. The third-order valence-corrected chi connectivity index (χ3v) is 6.95. The molecule has 0 radical (unpaired) electrons. The fraction of sp³-hybridized carbons (Fsp3) is 0.250. The number of hydrogen-bond acceptors (Lipinski definition) is 9. The molecule has 0 aliphatic carbocycles. The summed E-state index contributed by atoms with van der Waals surface area (Å²) in [6.45, 7) is 3.42. The van der Waals surface area contributed by atoms with E-state index in [4.69, 9.17) is 10.3 Å². The van der Waals surface area contributed by atoms with Crippen LogP contribution in [0.5, 0.6) is 0 Å². The van der Waals surface area contributed by atoms with Crippen LogP contribution >= 0.6 is 41.9 Å². The van der Waals surface area contributed by atoms with Gasteiger partial charge in [-0.1, -0.05) is 12.1 Å². The minimum absolute atomic E-state index is 0.0917. The number of nitrogen functional groups attached to an aromatic ring is 1. The van der Waals surface area contributed by atoms with E-state index in [-0.39, 0.29) is 30.5 Å². The summed E-state index contributed by atoms with van der Waals surface area (Å²) < 4.78 is 5.78. The first-order valence-electron chi connectivity index (χ1n) is 9.31. The zero-order valence-electron chi connectivity index (χ0n) is 17.6. The van der Waals surface area contributed by atoms with Crippen molar-refractivity contribution in [2.45, 2.75) is 26.8 Å². The Kier molecular flexibility index (Phi) is 9.86. The molecule has 0 aliphatic heterocycles. The number of rotatable bonds is 10. The molecule has 1 amide bonds. The van der Waals surface area contributed by atoms with Crippen LogP contribution < -0.4 is 5.73 Å². The van der Waals surface area contributed by atoms with Crippen LogP contribution in [0.15, 0.2) is 41.1 Å². The van der Waals surface area contributed by atoms with Crippen LogP contribution in [-0.4, -0.2) is 49.1 Å². The Morgan fingerprint density at radius 2 is 2.09 bits per heavy atom. The Labute approximate surface area is 204 Å². The van der Waals surface area contributed by atoms with Crippen LogP contribution in [0.3, 0.4) is 0 Å². The molecule has 2 aromatic rings. The number of nitrogens with two attached hydrogens (primary N) is 1. The SMILES string of the molecule is C=P(O)(O)OCC/C(SC(=O)c1ccccc1I)=C(\C)N(C=O)Cc1cnc(C)nc1N. The number of aryl methyl sites for hydroxylation is 1. The van der Waals surface area contributed by atoms with Gasteiger partial charge in [0.15, 0.2) is 0 Å². The van der Waals surface area contributed by atoms with Crippen molar-refractivity contribution in [3.63, 3.8) is 0 Å². The summed E-state index contributed by atoms with van der Waals surface area (Å²) in [4.78, 5) is 53.8. The fourth-order valence-electron chi connectivity index (χ4n) is 2.60. The molecule has 0 saturated heterocycles. The van der Waals surface area contributed by atoms with Gasteiger partial charge in [0, 0.05) is 37.9 Å². The molecule has 0 bridgehead atoms. The smallest absolute Gasteiger partial charge is 0.245 e. The highest BCUT2D eigenvalue weighted by Gasteiger charge is 2.19. The first-order valence-corrected chi connectivity index (χ1v) is 13.0. The van der Waals surface area contributed by atoms with Crippen molar-refractivity contribution in [1.29, 1.82) is 0 Å². The van der Waals surface area contributed by atoms with Gasteiger partial charge in [-0.3, -0.25) is 9.59 Å². The monoisotopic (exact) mass is 590 g/mol. The van der Waals surface area contributed by atoms with E-state index in [2.05, 4.69) is 38.9 Å². The molecule has 1 heterocycles. The lowest BCUT2D eigenvalue weighted by Gasteiger charge is -2.22. The molecule has 32 heavy (non-hydrogen) atoms. The first-order chi connectivity index (χ1) is 15.0. The van der Waals surface area contributed by atoms with Gasteiger partial charge < -0.3 is 24.9 Å². The average Bonchev–Trinajstić information content (AvgIpc) is 2.71. The molecule has 0 atom stereocenters. The van der Waals surface area contributed by atoms with Crippen molar-refractivity contribution in [3.05, 3.63) is 61.6 Å². The number of halogens is 1. The van der Waals surface area contributed by atoms with Gasteiger partial charge in [0.1, 0.15) is 11.6 Å². The fourth-order valence-corrected chi connectivity index (χ4v) is 4.76. The lowest BCUT2D eigenvalue weighted by molar-refractivity contribution is -0.116. The second kappa shape index (κ2) is 11.9. The van der Waals surface area contributed by atoms with E-state index in [1.807, 2.05) is 12.1 Å². The molecular formula is C20H24IN4O5PS. The van der Waals surface area contributed by atoms with E-state index < -0.39 is 7.57 Å². The van der Waals surface area contributed by atoms with Crippen LogP contribution in [0, 0.1) is 10.5 Å². The second-order valence-electron chi connectivity index (χ2n) is 6.69. The predicted octanol–water partition coefficient (Wildman–Crippen LogP) is 3.32. The summed E-state index contributed by atoms with van der Waals surface area (Å²) in [5.74, 6) is 0.775. The van der Waals surface area contributed by atoms with Crippen LogP contribution in [0.25, 0.3) is 0 Å². The number of anilines is 1. The van der Waals surface area contributed by atoms with Crippen molar-refractivity contribution < 1.29 is 23.9 Å². The molecule has 2 rings (SSSR count). The summed E-state index contributed by atoms with van der Waals surface area (Å²) in [5, 5.41) is -0.211. The van der Waals surface area contributed by atoms with E-state index in [9.17, 15) is 19.4 Å². The van der Waals surface area contributed by atoms with Crippen molar-refractivity contribution in [2.75, 3.05) is 12.3 Å². The molecule has 0 spiro atoms. The largest absolute Gasteiger partial charge is 0.383 e. The zero-order valence-corrected chi connectivity index (χ0v) is 21.4. The number of allylic oxidation sites excluding steroid dienone is 1. The van der Waals surface area contributed by atoms with Gasteiger partial charge in [0.2, 0.25) is 19.1 Å². The summed E-state index contributed by atoms with van der Waals surface area (Å²) >= 11 is 3.03. The summed E-state index contributed by atoms with van der Waals surface area (Å²) in [5.41, 5.74) is 7.54. The van der Waals surface area contributed by atoms with Crippen molar-refractivity contribution >= 4 is 65.6 Å². The van der Waals surface area contributed by atoms with Gasteiger partial charge in [0.25, 0.3) is 0 Å². The average molecular weight is 590 g/mol. The molecule has 12 heteroatoms. The number of aromatic nitrogens is 2. The summed E-state index contributed by atoms with van der Waals surface area (Å²) in [6.07, 6.45) is 5.51. The summed E-state index contributed by atoms with van der Waals surface area (Å²) in [6, 6.07) is 7.15. The van der Waals surface area contributed by atoms with E-state index in [0.29, 0.717) is 34.0 Å². The maximum absolute atomic E-state index is 12.9. The molecule has 1 aromatic carbocycles. The zero-order chi connectivity index (χ0) is 23.9. The minimum Gasteiger partial charge on any atom is -0.383 e. The van der Waals surface area contributed by atoms with E-state index in [1.165, 1.54) is 4.90 Å². The number of carbonyl (C=O) groups excluding carboxylic acids is 2. The Hall–Kier alpha value is -1.76. The lowest BCUT2D eigenvalue weighted by Crippen LogP contribution is -2.22. The van der Waals surface area contributed by atoms with Crippen LogP contribution in [0.4, 0.5) is 5.82 Å². The highest BCUT2D eigenvalue weighted by atomic mass is 127. The Bertz CT molecular complexity index is 1080. The Balaban J connectivity index is 2.34. The number of carbonyl (C=O) groups is 2. The molecule has 0 saturated carbocycles. The van der Waals surface area contributed by atoms with Crippen molar-refractivity contribution in [2.24, 2.45) is 0 Å². The standard InChI is InChI=1S/C20H24IN4O5PS/c1-13(25(12-26)11-15-10-23-14(2)24-19(15)22)18(8-9-30-31(3,28)29)32-20(27)16-6-4-5-7-17(16)21/h4-7,10,12,28-29H,3,8-9,11H2,1-2H3,(H2,22,23,24)/b18-13-. The van der Waals surface area contributed by atoms with E-state index >= 15 is 0 Å². The second-order valence-corrected chi connectivity index (χ2v) is 10.5. The molecule has 9 nitrogen and oxygen atoms in total. The lowest BCUT2D eigenvalue weighted by atomic mass is 10.2. The van der Waals surface area contributed by atoms with Crippen LogP contribution in [0.1, 0.15) is 35.1 Å². The molecule has 4 N–H and O–H groups in total. The van der Waals surface area contributed by atoms with Gasteiger partial charge in [-0.2, -0.15) is 0 Å². The minimum atomic E-state index is -3.68. The molecule has 172 valence electrons. The Morgan fingerprint density at radius 1 is 1.41 bits per heavy atom. The third-order valence-electron chi connectivity index (χ3n) is 4.26. The van der Waals surface area contributed by atoms with Gasteiger partial charge in [-0.15, -0.1) is 0 Å². The third kappa shape index (κ3) is 7.98. The number of amides is 1. The van der Waals surface area contributed by atoms with Crippen molar-refractivity contribution in [1.82, 2.24) is 14.9 Å². The quantitative estimate of drug-likeness (QED) is 0.216. The van der Waals surface area contributed by atoms with E-state index in [0.717, 1.165) is 15.3 Å². The van der Waals surface area contributed by atoms with Crippen molar-refractivity contribution in [3.8, 4) is 0 Å². The molecular weight excluding hydrogens is 566 g/mol. The molecule has 0 fully saturated rings. The van der Waals surface area contributed by atoms with Gasteiger partial charge in [-0.25, -0.2) is 9.97 Å². The highest BCUT2D eigenvalue weighted by Crippen LogP contribution is 2.37. The van der Waals surface area contributed by atoms with Crippen LogP contribution in [0.2, 0.25) is 0 Å². The number of nitrogens with zero attached hydrogens (tertiary/aromatic N) is 3. The topological polar surface area (TPSA) is 139 Å². The van der Waals surface area contributed by atoms with Crippen LogP contribution in [-0.2, 0) is 15.9 Å². The predicted molar refractivity (Wildman–Crippen MR) is 136 cm³/mol. The van der Waals surface area contributed by atoms with Gasteiger partial charge >= 0.3 is 0 Å². The van der Waals surface area contributed by atoms with Gasteiger partial charge in [-0.05, 0) is 66.6 Å². The maximum atomic E-state index is 12.9. The molecule has 1 aromatic heterocycles. The number of thioether (sulfide) groups is 1. The van der Waals surface area contributed by atoms with Gasteiger partial charge in [0.05, 0.1) is 13.2 Å².